The molecule has 1 unspecified atom stereocenters. The first-order chi connectivity index (χ1) is 5.76. The Morgan fingerprint density at radius 1 is 1.67 bits per heavy atom. The van der Waals surface area contributed by atoms with Crippen LogP contribution in [0.1, 0.15) is 26.0 Å². The van der Waals surface area contributed by atoms with E-state index in [2.05, 4.69) is 40.1 Å². The van der Waals surface area contributed by atoms with Crippen molar-refractivity contribution in [3.63, 3.8) is 0 Å². The molecule has 1 heterocycles. The van der Waals surface area contributed by atoms with Crippen LogP contribution in [0.5, 0.6) is 0 Å². The zero-order valence-corrected chi connectivity index (χ0v) is 9.08. The highest BCUT2D eigenvalue weighted by Gasteiger charge is 2.02. The molecule has 0 N–H and O–H groups in total. The van der Waals surface area contributed by atoms with Crippen LogP contribution in [0.25, 0.3) is 0 Å². The van der Waals surface area contributed by atoms with E-state index in [-0.39, 0.29) is 0 Å². The van der Waals surface area contributed by atoms with Crippen molar-refractivity contribution in [3.8, 4) is 0 Å². The van der Waals surface area contributed by atoms with Gasteiger partial charge in [0.05, 0.1) is 5.69 Å². The molecule has 1 rings (SSSR count). The lowest BCUT2D eigenvalue weighted by molar-refractivity contribution is 0.431. The molecule has 0 amide bonds. The minimum absolute atomic E-state index is 0.676. The van der Waals surface area contributed by atoms with Gasteiger partial charge in [0.25, 0.3) is 0 Å². The highest BCUT2D eigenvalue weighted by atomic mass is 79.9. The second-order valence-corrected chi connectivity index (χ2v) is 3.64. The molecule has 68 valence electrons. The summed E-state index contributed by atoms with van der Waals surface area (Å²) < 4.78 is 1.91. The predicted octanol–water partition coefficient (Wildman–Crippen LogP) is 2.22. The average Bonchev–Trinajstić information content (AvgIpc) is 2.52. The summed E-state index contributed by atoms with van der Waals surface area (Å²) in [6, 6.07) is 0. The fourth-order valence-corrected chi connectivity index (χ4v) is 1.19. The summed E-state index contributed by atoms with van der Waals surface area (Å²) in [6.45, 7) is 5.37. The molecular weight excluding hydrogens is 218 g/mol. The van der Waals surface area contributed by atoms with Crippen LogP contribution < -0.4 is 0 Å². The van der Waals surface area contributed by atoms with Crippen LogP contribution in [0.3, 0.4) is 0 Å². The lowest BCUT2D eigenvalue weighted by atomic mass is 10.1. The first-order valence-electron chi connectivity index (χ1n) is 4.21. The van der Waals surface area contributed by atoms with E-state index in [0.717, 1.165) is 17.6 Å². The van der Waals surface area contributed by atoms with Crippen LogP contribution in [-0.2, 0) is 11.9 Å². The number of alkyl halides is 1. The third kappa shape index (κ3) is 2.59. The first-order valence-corrected chi connectivity index (χ1v) is 5.33. The fourth-order valence-electron chi connectivity index (χ4n) is 0.937. The molecule has 0 fully saturated rings. The SMILES string of the molecule is CCC(C)Cn1cc(CBr)nn1. The summed E-state index contributed by atoms with van der Waals surface area (Å²) in [7, 11) is 0. The lowest BCUT2D eigenvalue weighted by Crippen LogP contribution is -2.06. The molecule has 0 bridgehead atoms. The van der Waals surface area contributed by atoms with E-state index in [1.807, 2.05) is 10.9 Å². The van der Waals surface area contributed by atoms with Gasteiger partial charge in [-0.15, -0.1) is 5.10 Å². The topological polar surface area (TPSA) is 30.7 Å². The molecule has 0 aromatic carbocycles. The molecule has 0 saturated heterocycles. The number of hydrogen-bond acceptors (Lipinski definition) is 2. The molecule has 0 saturated carbocycles. The fraction of sp³-hybridized carbons (Fsp3) is 0.750. The Morgan fingerprint density at radius 3 is 2.92 bits per heavy atom. The van der Waals surface area contributed by atoms with Crippen LogP contribution in [0.2, 0.25) is 0 Å². The van der Waals surface area contributed by atoms with Crippen LogP contribution in [0.15, 0.2) is 6.20 Å². The molecule has 1 atom stereocenters. The van der Waals surface area contributed by atoms with Gasteiger partial charge in [0.15, 0.2) is 0 Å². The standard InChI is InChI=1S/C8H14BrN3/c1-3-7(2)5-12-6-8(4-9)10-11-12/h6-7H,3-5H2,1-2H3. The van der Waals surface area contributed by atoms with Gasteiger partial charge in [-0.2, -0.15) is 0 Å². The summed E-state index contributed by atoms with van der Waals surface area (Å²) >= 11 is 3.34. The first kappa shape index (κ1) is 9.71. The van der Waals surface area contributed by atoms with Crippen LogP contribution >= 0.6 is 15.9 Å². The van der Waals surface area contributed by atoms with Gasteiger partial charge in [-0.1, -0.05) is 41.4 Å². The van der Waals surface area contributed by atoms with Crippen molar-refractivity contribution in [2.24, 2.45) is 5.92 Å². The van der Waals surface area contributed by atoms with Crippen LogP contribution in [-0.4, -0.2) is 15.0 Å². The Bertz CT molecular complexity index is 234. The second kappa shape index (κ2) is 4.60. The Kier molecular flexibility index (Phi) is 3.72. The van der Waals surface area contributed by atoms with Gasteiger partial charge in [0.1, 0.15) is 0 Å². The molecular formula is C8H14BrN3. The molecule has 3 nitrogen and oxygen atoms in total. The zero-order chi connectivity index (χ0) is 8.97. The van der Waals surface area contributed by atoms with Crippen molar-refractivity contribution in [3.05, 3.63) is 11.9 Å². The summed E-state index contributed by atoms with van der Waals surface area (Å²) in [4.78, 5) is 0. The van der Waals surface area contributed by atoms with Gasteiger partial charge in [0, 0.05) is 18.1 Å². The molecule has 1 aromatic rings. The van der Waals surface area contributed by atoms with E-state index in [4.69, 9.17) is 0 Å². The minimum Gasteiger partial charge on any atom is -0.252 e. The van der Waals surface area contributed by atoms with E-state index in [9.17, 15) is 0 Å². The third-order valence-corrected chi connectivity index (χ3v) is 2.49. The van der Waals surface area contributed by atoms with Gasteiger partial charge in [0.2, 0.25) is 0 Å². The number of nitrogens with zero attached hydrogens (tertiary/aromatic N) is 3. The molecule has 0 aliphatic carbocycles. The normalized spacial score (nSPS) is 13.2. The summed E-state index contributed by atoms with van der Waals surface area (Å²) in [6.07, 6.45) is 3.17. The van der Waals surface area contributed by atoms with Gasteiger partial charge >= 0.3 is 0 Å². The monoisotopic (exact) mass is 231 g/mol. The quantitative estimate of drug-likeness (QED) is 0.745. The maximum atomic E-state index is 4.01. The van der Waals surface area contributed by atoms with Crippen molar-refractivity contribution in [1.29, 1.82) is 0 Å². The largest absolute Gasteiger partial charge is 0.252 e. The second-order valence-electron chi connectivity index (χ2n) is 3.08. The van der Waals surface area contributed by atoms with E-state index < -0.39 is 0 Å². The molecule has 4 heteroatoms. The molecule has 0 radical (unpaired) electrons. The molecule has 0 spiro atoms. The summed E-state index contributed by atoms with van der Waals surface area (Å²) in [5.41, 5.74) is 0.998. The average molecular weight is 232 g/mol. The van der Waals surface area contributed by atoms with E-state index in [0.29, 0.717) is 5.92 Å². The van der Waals surface area contributed by atoms with Crippen molar-refractivity contribution in [2.75, 3.05) is 0 Å². The van der Waals surface area contributed by atoms with Crippen molar-refractivity contribution in [2.45, 2.75) is 32.1 Å². The summed E-state index contributed by atoms with van der Waals surface area (Å²) in [5, 5.41) is 8.78. The minimum atomic E-state index is 0.676. The Labute approximate surface area is 81.3 Å². The van der Waals surface area contributed by atoms with E-state index in [1.165, 1.54) is 6.42 Å². The molecule has 12 heavy (non-hydrogen) atoms. The van der Waals surface area contributed by atoms with Crippen molar-refractivity contribution < 1.29 is 0 Å². The maximum Gasteiger partial charge on any atom is 0.0932 e. The zero-order valence-electron chi connectivity index (χ0n) is 7.50. The Balaban J connectivity index is 2.52. The lowest BCUT2D eigenvalue weighted by Gasteiger charge is -2.06. The van der Waals surface area contributed by atoms with Gasteiger partial charge < -0.3 is 0 Å². The number of hydrogen-bond donors (Lipinski definition) is 0. The number of halogens is 1. The van der Waals surface area contributed by atoms with Crippen LogP contribution in [0, 0.1) is 5.92 Å². The Hall–Kier alpha value is -0.380. The van der Waals surface area contributed by atoms with Gasteiger partial charge in [-0.25, -0.2) is 0 Å². The predicted molar refractivity (Wildman–Crippen MR) is 52.1 cm³/mol. The molecule has 1 aromatic heterocycles. The van der Waals surface area contributed by atoms with E-state index >= 15 is 0 Å². The molecule has 0 aliphatic rings. The highest BCUT2D eigenvalue weighted by Crippen LogP contribution is 2.05. The van der Waals surface area contributed by atoms with Crippen molar-refractivity contribution >= 4 is 15.9 Å². The van der Waals surface area contributed by atoms with E-state index in [1.54, 1.807) is 0 Å². The Morgan fingerprint density at radius 2 is 2.42 bits per heavy atom. The van der Waals surface area contributed by atoms with Crippen molar-refractivity contribution in [1.82, 2.24) is 15.0 Å². The van der Waals surface area contributed by atoms with Gasteiger partial charge in [-0.05, 0) is 5.92 Å². The van der Waals surface area contributed by atoms with Gasteiger partial charge in [-0.3, -0.25) is 4.68 Å². The summed E-state index contributed by atoms with van der Waals surface area (Å²) in [5.74, 6) is 0.676. The molecule has 0 aliphatic heterocycles. The van der Waals surface area contributed by atoms with Crippen LogP contribution in [0.4, 0.5) is 0 Å². The highest BCUT2D eigenvalue weighted by molar-refractivity contribution is 9.08. The number of aromatic nitrogens is 3. The smallest absolute Gasteiger partial charge is 0.0932 e. The number of rotatable bonds is 4. The third-order valence-electron chi connectivity index (χ3n) is 1.92. The maximum absolute atomic E-state index is 4.01.